The minimum Gasteiger partial charge on any atom is -0.389 e. The fraction of sp³-hybridized carbons (Fsp3) is 1.00. The maximum Gasteiger partial charge on any atom is 0.0699 e. The molecule has 2 unspecified atom stereocenters. The number of aliphatic hydroxyl groups is 1. The zero-order chi connectivity index (χ0) is 10.9. The van der Waals surface area contributed by atoms with Gasteiger partial charge in [0.05, 0.1) is 11.7 Å². The minimum atomic E-state index is -0.432. The van der Waals surface area contributed by atoms with Gasteiger partial charge in [0.25, 0.3) is 0 Å². The van der Waals surface area contributed by atoms with Crippen molar-refractivity contribution in [3.05, 3.63) is 0 Å². The van der Waals surface area contributed by atoms with Crippen molar-refractivity contribution in [2.75, 3.05) is 6.61 Å². The highest BCUT2D eigenvalue weighted by Crippen LogP contribution is 2.48. The topological polar surface area (TPSA) is 29.5 Å². The fourth-order valence-electron chi connectivity index (χ4n) is 3.13. The summed E-state index contributed by atoms with van der Waals surface area (Å²) in [5.41, 5.74) is -0.329. The largest absolute Gasteiger partial charge is 0.389 e. The van der Waals surface area contributed by atoms with Crippen molar-refractivity contribution in [2.45, 2.75) is 70.5 Å². The first kappa shape index (κ1) is 11.4. The molecule has 0 spiro atoms. The van der Waals surface area contributed by atoms with E-state index < -0.39 is 5.60 Å². The zero-order valence-electron chi connectivity index (χ0n) is 10.1. The van der Waals surface area contributed by atoms with E-state index in [0.717, 1.165) is 32.3 Å². The van der Waals surface area contributed by atoms with Crippen molar-refractivity contribution in [3.63, 3.8) is 0 Å². The molecule has 1 saturated heterocycles. The Balaban J connectivity index is 1.87. The number of rotatable bonds is 3. The molecular weight excluding hydrogens is 188 g/mol. The van der Waals surface area contributed by atoms with Crippen LogP contribution in [-0.2, 0) is 4.74 Å². The average molecular weight is 212 g/mol. The highest BCUT2D eigenvalue weighted by Gasteiger charge is 2.47. The lowest BCUT2D eigenvalue weighted by Gasteiger charge is -2.37. The molecular formula is C13H24O2. The second-order valence-electron chi connectivity index (χ2n) is 5.94. The van der Waals surface area contributed by atoms with E-state index in [1.807, 2.05) is 0 Å². The third kappa shape index (κ3) is 2.21. The lowest BCUT2D eigenvalue weighted by molar-refractivity contribution is -0.0590. The summed E-state index contributed by atoms with van der Waals surface area (Å²) in [6.45, 7) is 5.33. The van der Waals surface area contributed by atoms with Gasteiger partial charge in [-0.2, -0.15) is 0 Å². The van der Waals surface area contributed by atoms with Gasteiger partial charge in [0.15, 0.2) is 0 Å². The normalized spacial score (nSPS) is 39.8. The second-order valence-corrected chi connectivity index (χ2v) is 5.94. The molecule has 0 aromatic rings. The van der Waals surface area contributed by atoms with Crippen LogP contribution in [-0.4, -0.2) is 23.4 Å². The fourth-order valence-corrected chi connectivity index (χ4v) is 3.13. The molecule has 2 rings (SSSR count). The van der Waals surface area contributed by atoms with Gasteiger partial charge in [0, 0.05) is 6.61 Å². The number of hydrogen-bond donors (Lipinski definition) is 1. The SMILES string of the molecule is CC1(C)CCCC1(O)CCC1CCCO1. The van der Waals surface area contributed by atoms with Gasteiger partial charge >= 0.3 is 0 Å². The van der Waals surface area contributed by atoms with E-state index in [4.69, 9.17) is 4.74 Å². The molecule has 0 bridgehead atoms. The van der Waals surface area contributed by atoms with Crippen molar-refractivity contribution >= 4 is 0 Å². The molecule has 2 fully saturated rings. The summed E-state index contributed by atoms with van der Waals surface area (Å²) in [6, 6.07) is 0. The average Bonchev–Trinajstić information content (AvgIpc) is 2.73. The zero-order valence-corrected chi connectivity index (χ0v) is 10.1. The van der Waals surface area contributed by atoms with Crippen LogP contribution in [0.15, 0.2) is 0 Å². The molecule has 2 aliphatic rings. The van der Waals surface area contributed by atoms with Gasteiger partial charge in [-0.3, -0.25) is 0 Å². The van der Waals surface area contributed by atoms with E-state index in [1.54, 1.807) is 0 Å². The quantitative estimate of drug-likeness (QED) is 0.779. The minimum absolute atomic E-state index is 0.103. The van der Waals surface area contributed by atoms with Crippen LogP contribution in [0.2, 0.25) is 0 Å². The Hall–Kier alpha value is -0.0800. The standard InChI is InChI=1S/C13H24O2/c1-12(2)7-4-8-13(12,14)9-6-11-5-3-10-15-11/h11,14H,3-10H2,1-2H3. The summed E-state index contributed by atoms with van der Waals surface area (Å²) < 4.78 is 5.61. The van der Waals surface area contributed by atoms with Crippen LogP contribution in [0.5, 0.6) is 0 Å². The van der Waals surface area contributed by atoms with Crippen LogP contribution < -0.4 is 0 Å². The lowest BCUT2D eigenvalue weighted by atomic mass is 9.75. The molecule has 2 nitrogen and oxygen atoms in total. The van der Waals surface area contributed by atoms with Crippen molar-refractivity contribution in [1.82, 2.24) is 0 Å². The second kappa shape index (κ2) is 4.06. The first-order valence-corrected chi connectivity index (χ1v) is 6.38. The Labute approximate surface area is 93.0 Å². The predicted molar refractivity (Wildman–Crippen MR) is 60.8 cm³/mol. The van der Waals surface area contributed by atoms with Gasteiger partial charge < -0.3 is 9.84 Å². The summed E-state index contributed by atoms with van der Waals surface area (Å²) in [7, 11) is 0. The van der Waals surface area contributed by atoms with E-state index in [-0.39, 0.29) is 5.41 Å². The monoisotopic (exact) mass is 212 g/mol. The molecule has 0 amide bonds. The van der Waals surface area contributed by atoms with Gasteiger partial charge in [-0.15, -0.1) is 0 Å². The van der Waals surface area contributed by atoms with E-state index in [9.17, 15) is 5.11 Å². The summed E-state index contributed by atoms with van der Waals surface area (Å²) >= 11 is 0. The van der Waals surface area contributed by atoms with Gasteiger partial charge in [0.1, 0.15) is 0 Å². The Morgan fingerprint density at radius 3 is 2.60 bits per heavy atom. The van der Waals surface area contributed by atoms with E-state index in [0.29, 0.717) is 6.10 Å². The van der Waals surface area contributed by atoms with Crippen molar-refractivity contribution in [1.29, 1.82) is 0 Å². The molecule has 15 heavy (non-hydrogen) atoms. The lowest BCUT2D eigenvalue weighted by Crippen LogP contribution is -2.40. The molecule has 1 aliphatic carbocycles. The highest BCUT2D eigenvalue weighted by molar-refractivity contribution is 4.98. The molecule has 2 heteroatoms. The molecule has 0 radical (unpaired) electrons. The van der Waals surface area contributed by atoms with Crippen LogP contribution in [0, 0.1) is 5.41 Å². The van der Waals surface area contributed by atoms with E-state index in [1.165, 1.54) is 19.3 Å². The summed E-state index contributed by atoms with van der Waals surface area (Å²) in [5.74, 6) is 0. The van der Waals surface area contributed by atoms with E-state index >= 15 is 0 Å². The molecule has 0 aromatic carbocycles. The summed E-state index contributed by atoms with van der Waals surface area (Å²) in [6.07, 6.45) is 8.09. The van der Waals surface area contributed by atoms with Crippen LogP contribution in [0.4, 0.5) is 0 Å². The van der Waals surface area contributed by atoms with Gasteiger partial charge in [-0.1, -0.05) is 13.8 Å². The Bertz CT molecular complexity index is 219. The van der Waals surface area contributed by atoms with Crippen molar-refractivity contribution in [3.8, 4) is 0 Å². The molecule has 1 aliphatic heterocycles. The summed E-state index contributed by atoms with van der Waals surface area (Å²) in [5, 5.41) is 10.6. The highest BCUT2D eigenvalue weighted by atomic mass is 16.5. The third-order valence-corrected chi connectivity index (χ3v) is 4.56. The van der Waals surface area contributed by atoms with Gasteiger partial charge in [-0.25, -0.2) is 0 Å². The van der Waals surface area contributed by atoms with Gasteiger partial charge in [0.2, 0.25) is 0 Å². The van der Waals surface area contributed by atoms with Crippen molar-refractivity contribution < 1.29 is 9.84 Å². The molecule has 88 valence electrons. The molecule has 1 saturated carbocycles. The Morgan fingerprint density at radius 2 is 2.07 bits per heavy atom. The maximum atomic E-state index is 10.6. The molecule has 0 aromatic heterocycles. The number of hydrogen-bond acceptors (Lipinski definition) is 2. The predicted octanol–water partition coefficient (Wildman–Crippen LogP) is 2.89. The molecule has 1 N–H and O–H groups in total. The van der Waals surface area contributed by atoms with Crippen LogP contribution in [0.3, 0.4) is 0 Å². The molecule has 2 atom stereocenters. The van der Waals surface area contributed by atoms with E-state index in [2.05, 4.69) is 13.8 Å². The smallest absolute Gasteiger partial charge is 0.0699 e. The van der Waals surface area contributed by atoms with Crippen molar-refractivity contribution in [2.24, 2.45) is 5.41 Å². The Kier molecular flexibility index (Phi) is 3.09. The summed E-state index contributed by atoms with van der Waals surface area (Å²) in [4.78, 5) is 0. The first-order chi connectivity index (χ1) is 7.04. The number of ether oxygens (including phenoxy) is 1. The Morgan fingerprint density at radius 1 is 1.27 bits per heavy atom. The van der Waals surface area contributed by atoms with Gasteiger partial charge in [-0.05, 0) is 50.4 Å². The first-order valence-electron chi connectivity index (χ1n) is 6.38. The molecule has 1 heterocycles. The van der Waals surface area contributed by atoms with Crippen LogP contribution >= 0.6 is 0 Å². The van der Waals surface area contributed by atoms with Crippen LogP contribution in [0.1, 0.15) is 58.8 Å². The maximum absolute atomic E-state index is 10.6. The third-order valence-electron chi connectivity index (χ3n) is 4.56. The van der Waals surface area contributed by atoms with Crippen LogP contribution in [0.25, 0.3) is 0 Å².